The lowest BCUT2D eigenvalue weighted by Crippen LogP contribution is -2.14. The molecule has 0 saturated heterocycles. The third-order valence-electron chi connectivity index (χ3n) is 3.14. The summed E-state index contributed by atoms with van der Waals surface area (Å²) in [5.74, 6) is 0. The second-order valence-corrected chi connectivity index (χ2v) is 7.73. The van der Waals surface area contributed by atoms with Gasteiger partial charge in [0.25, 0.3) is 10.0 Å². The van der Waals surface area contributed by atoms with Crippen LogP contribution in [0, 0.1) is 6.92 Å². The van der Waals surface area contributed by atoms with Crippen LogP contribution in [0.3, 0.4) is 0 Å². The molecule has 21 heavy (non-hydrogen) atoms. The number of aryl methyl sites for hydroxylation is 2. The van der Waals surface area contributed by atoms with Crippen molar-refractivity contribution >= 4 is 26.5 Å². The normalized spacial score (nSPS) is 13.1. The zero-order valence-electron chi connectivity index (χ0n) is 12.3. The summed E-state index contributed by atoms with van der Waals surface area (Å²) in [5.41, 5.74) is 7.49. The summed E-state index contributed by atoms with van der Waals surface area (Å²) < 4.78 is 27.3. The molecule has 1 aromatic carbocycles. The lowest BCUT2D eigenvalue weighted by atomic mass is 10.1. The van der Waals surface area contributed by atoms with Gasteiger partial charge < -0.3 is 5.73 Å². The Labute approximate surface area is 129 Å². The standard InChI is InChI=1S/C14H19N3O2S2/c1-4-13-10(3)20-14(16-13)17-21(18,19)12-7-5-6-11(8-12)9(2)15/h5-9H,4,15H2,1-3H3,(H,16,17). The first kappa shape index (κ1) is 15.9. The van der Waals surface area contributed by atoms with Crippen LogP contribution in [0.4, 0.5) is 5.13 Å². The van der Waals surface area contributed by atoms with Crippen molar-refractivity contribution in [1.29, 1.82) is 0 Å². The predicted octanol–water partition coefficient (Wildman–Crippen LogP) is 2.83. The van der Waals surface area contributed by atoms with Gasteiger partial charge in [0.15, 0.2) is 5.13 Å². The Hall–Kier alpha value is -1.44. The van der Waals surface area contributed by atoms with Crippen LogP contribution in [0.15, 0.2) is 29.2 Å². The molecule has 2 rings (SSSR count). The Bertz CT molecular complexity index is 736. The molecule has 5 nitrogen and oxygen atoms in total. The van der Waals surface area contributed by atoms with E-state index >= 15 is 0 Å². The van der Waals surface area contributed by atoms with Gasteiger partial charge in [-0.3, -0.25) is 4.72 Å². The Balaban J connectivity index is 2.31. The fourth-order valence-electron chi connectivity index (χ4n) is 1.94. The molecule has 0 amide bonds. The highest BCUT2D eigenvalue weighted by atomic mass is 32.2. The highest BCUT2D eigenvalue weighted by Crippen LogP contribution is 2.25. The third kappa shape index (κ3) is 3.61. The molecule has 0 aliphatic carbocycles. The van der Waals surface area contributed by atoms with Crippen LogP contribution in [0.5, 0.6) is 0 Å². The van der Waals surface area contributed by atoms with Crippen molar-refractivity contribution in [3.05, 3.63) is 40.4 Å². The number of nitrogens with zero attached hydrogens (tertiary/aromatic N) is 1. The maximum absolute atomic E-state index is 12.4. The molecular weight excluding hydrogens is 306 g/mol. The number of anilines is 1. The second-order valence-electron chi connectivity index (χ2n) is 4.84. The van der Waals surface area contributed by atoms with Crippen molar-refractivity contribution in [2.75, 3.05) is 4.72 Å². The molecule has 0 aliphatic rings. The van der Waals surface area contributed by atoms with Crippen LogP contribution in [0.2, 0.25) is 0 Å². The molecule has 0 saturated carbocycles. The van der Waals surface area contributed by atoms with E-state index in [2.05, 4.69) is 9.71 Å². The summed E-state index contributed by atoms with van der Waals surface area (Å²) in [6.45, 7) is 5.74. The highest BCUT2D eigenvalue weighted by Gasteiger charge is 2.18. The predicted molar refractivity (Wildman–Crippen MR) is 86.1 cm³/mol. The van der Waals surface area contributed by atoms with E-state index in [0.29, 0.717) is 5.13 Å². The van der Waals surface area contributed by atoms with Crippen molar-refractivity contribution in [2.24, 2.45) is 5.73 Å². The van der Waals surface area contributed by atoms with Gasteiger partial charge in [0, 0.05) is 10.9 Å². The molecule has 0 fully saturated rings. The largest absolute Gasteiger partial charge is 0.324 e. The van der Waals surface area contributed by atoms with Crippen LogP contribution in [-0.2, 0) is 16.4 Å². The van der Waals surface area contributed by atoms with E-state index < -0.39 is 10.0 Å². The maximum atomic E-state index is 12.4. The van der Waals surface area contributed by atoms with E-state index in [1.165, 1.54) is 11.3 Å². The van der Waals surface area contributed by atoms with Crippen molar-refractivity contribution in [1.82, 2.24) is 4.98 Å². The van der Waals surface area contributed by atoms with Gasteiger partial charge in [0.2, 0.25) is 0 Å². The number of rotatable bonds is 5. The highest BCUT2D eigenvalue weighted by molar-refractivity contribution is 7.93. The van der Waals surface area contributed by atoms with Gasteiger partial charge in [-0.1, -0.05) is 19.1 Å². The van der Waals surface area contributed by atoms with Crippen molar-refractivity contribution in [2.45, 2.75) is 38.1 Å². The summed E-state index contributed by atoms with van der Waals surface area (Å²) >= 11 is 1.34. The average molecular weight is 325 g/mol. The van der Waals surface area contributed by atoms with Crippen molar-refractivity contribution in [3.8, 4) is 0 Å². The fraction of sp³-hybridized carbons (Fsp3) is 0.357. The van der Waals surface area contributed by atoms with Gasteiger partial charge in [0.05, 0.1) is 10.6 Å². The van der Waals surface area contributed by atoms with Gasteiger partial charge in [0.1, 0.15) is 0 Å². The quantitative estimate of drug-likeness (QED) is 0.885. The first-order chi connectivity index (χ1) is 9.83. The summed E-state index contributed by atoms with van der Waals surface area (Å²) in [7, 11) is -3.64. The topological polar surface area (TPSA) is 85.1 Å². The number of hydrogen-bond donors (Lipinski definition) is 2. The van der Waals surface area contributed by atoms with E-state index in [0.717, 1.165) is 22.6 Å². The van der Waals surface area contributed by atoms with Crippen LogP contribution in [0.25, 0.3) is 0 Å². The lowest BCUT2D eigenvalue weighted by Gasteiger charge is -2.09. The van der Waals surface area contributed by atoms with Crippen molar-refractivity contribution < 1.29 is 8.42 Å². The van der Waals surface area contributed by atoms with E-state index in [-0.39, 0.29) is 10.9 Å². The molecule has 1 heterocycles. The smallest absolute Gasteiger partial charge is 0.263 e. The molecule has 0 radical (unpaired) electrons. The van der Waals surface area contributed by atoms with Crippen LogP contribution >= 0.6 is 11.3 Å². The Morgan fingerprint density at radius 3 is 2.71 bits per heavy atom. The molecule has 1 unspecified atom stereocenters. The van der Waals surface area contributed by atoms with Gasteiger partial charge in [-0.2, -0.15) is 0 Å². The van der Waals surface area contributed by atoms with Gasteiger partial charge in [-0.05, 0) is 38.0 Å². The van der Waals surface area contributed by atoms with Crippen LogP contribution in [0.1, 0.15) is 36.0 Å². The minimum absolute atomic E-state index is 0.197. The molecule has 2 aromatic rings. The van der Waals surface area contributed by atoms with E-state index in [1.54, 1.807) is 18.2 Å². The summed E-state index contributed by atoms with van der Waals surface area (Å²) in [6.07, 6.45) is 0.782. The van der Waals surface area contributed by atoms with Crippen LogP contribution in [-0.4, -0.2) is 13.4 Å². The number of aromatic nitrogens is 1. The fourth-order valence-corrected chi connectivity index (χ4v) is 4.13. The molecule has 114 valence electrons. The van der Waals surface area contributed by atoms with E-state index in [4.69, 9.17) is 5.73 Å². The first-order valence-corrected chi connectivity index (χ1v) is 8.98. The molecule has 1 aromatic heterocycles. The molecule has 7 heteroatoms. The average Bonchev–Trinajstić information content (AvgIpc) is 2.78. The first-order valence-electron chi connectivity index (χ1n) is 6.68. The van der Waals surface area contributed by atoms with Crippen molar-refractivity contribution in [3.63, 3.8) is 0 Å². The molecule has 0 aliphatic heterocycles. The summed E-state index contributed by atoms with van der Waals surface area (Å²) in [4.78, 5) is 5.52. The number of nitrogens with one attached hydrogen (secondary N) is 1. The molecule has 0 spiro atoms. The number of thiazole rings is 1. The summed E-state index contributed by atoms with van der Waals surface area (Å²) in [5, 5.41) is 0.399. The number of benzene rings is 1. The monoisotopic (exact) mass is 325 g/mol. The lowest BCUT2D eigenvalue weighted by molar-refractivity contribution is 0.601. The van der Waals surface area contributed by atoms with E-state index in [9.17, 15) is 8.42 Å². The molecule has 1 atom stereocenters. The maximum Gasteiger partial charge on any atom is 0.263 e. The molecule has 0 bridgehead atoms. The van der Waals surface area contributed by atoms with Crippen LogP contribution < -0.4 is 10.5 Å². The van der Waals surface area contributed by atoms with E-state index in [1.807, 2.05) is 26.8 Å². The summed E-state index contributed by atoms with van der Waals surface area (Å²) in [6, 6.07) is 6.43. The Morgan fingerprint density at radius 2 is 2.14 bits per heavy atom. The van der Waals surface area contributed by atoms with Gasteiger partial charge in [-0.25, -0.2) is 13.4 Å². The molecular formula is C14H19N3O2S2. The SMILES string of the molecule is CCc1nc(NS(=O)(=O)c2cccc(C(C)N)c2)sc1C. The van der Waals surface area contributed by atoms with Gasteiger partial charge >= 0.3 is 0 Å². The second kappa shape index (κ2) is 6.13. The third-order valence-corrected chi connectivity index (χ3v) is 5.54. The minimum Gasteiger partial charge on any atom is -0.324 e. The van der Waals surface area contributed by atoms with Gasteiger partial charge in [-0.15, -0.1) is 11.3 Å². The zero-order chi connectivity index (χ0) is 15.6. The molecule has 3 N–H and O–H groups in total. The Morgan fingerprint density at radius 1 is 1.43 bits per heavy atom. The number of hydrogen-bond acceptors (Lipinski definition) is 5. The number of nitrogens with two attached hydrogens (primary N) is 1. The zero-order valence-corrected chi connectivity index (χ0v) is 13.9. The Kier molecular flexibility index (Phi) is 4.65. The number of sulfonamides is 1. The minimum atomic E-state index is -3.64.